The summed E-state index contributed by atoms with van der Waals surface area (Å²) in [4.78, 5) is 7.04. The molecule has 0 spiro atoms. The molecule has 0 aromatic carbocycles. The van der Waals surface area contributed by atoms with Gasteiger partial charge in [-0.2, -0.15) is 0 Å². The van der Waals surface area contributed by atoms with Crippen LogP contribution in [0.2, 0.25) is 0 Å². The van der Waals surface area contributed by atoms with Crippen molar-refractivity contribution in [2.24, 2.45) is 5.73 Å². The van der Waals surface area contributed by atoms with E-state index in [2.05, 4.69) is 43.6 Å². The molecule has 0 aliphatic carbocycles. The lowest BCUT2D eigenvalue weighted by atomic mass is 10.0. The van der Waals surface area contributed by atoms with E-state index in [1.165, 1.54) is 11.1 Å². The predicted octanol–water partition coefficient (Wildman–Crippen LogP) is 2.28. The van der Waals surface area contributed by atoms with Crippen LogP contribution in [0.15, 0.2) is 12.3 Å². The van der Waals surface area contributed by atoms with Gasteiger partial charge in [-0.05, 0) is 44.7 Å². The van der Waals surface area contributed by atoms with E-state index in [4.69, 9.17) is 10.5 Å². The molecule has 0 bridgehead atoms. The van der Waals surface area contributed by atoms with Gasteiger partial charge in [-0.3, -0.25) is 0 Å². The molecule has 1 aliphatic rings. The number of morpholine rings is 1. The number of rotatable bonds is 4. The van der Waals surface area contributed by atoms with Gasteiger partial charge in [-0.25, -0.2) is 4.98 Å². The molecule has 3 atom stereocenters. The fraction of sp³-hybridized carbons (Fsp3) is 0.688. The number of hydrogen-bond acceptors (Lipinski definition) is 4. The van der Waals surface area contributed by atoms with Gasteiger partial charge in [-0.15, -0.1) is 0 Å². The van der Waals surface area contributed by atoms with E-state index in [1.54, 1.807) is 0 Å². The number of aromatic nitrogens is 1. The average Bonchev–Trinajstić information content (AvgIpc) is 2.42. The van der Waals surface area contributed by atoms with Gasteiger partial charge in [0.15, 0.2) is 0 Å². The summed E-state index contributed by atoms with van der Waals surface area (Å²) in [7, 11) is 0. The van der Waals surface area contributed by atoms with E-state index in [0.29, 0.717) is 6.04 Å². The second-order valence-corrected chi connectivity index (χ2v) is 6.00. The highest BCUT2D eigenvalue weighted by molar-refractivity contribution is 5.48. The van der Waals surface area contributed by atoms with Crippen LogP contribution in [0.5, 0.6) is 0 Å². The Kier molecular flexibility index (Phi) is 5.00. The summed E-state index contributed by atoms with van der Waals surface area (Å²) in [6, 6.07) is 2.83. The largest absolute Gasteiger partial charge is 0.375 e. The molecule has 4 nitrogen and oxygen atoms in total. The molecule has 0 amide bonds. The maximum absolute atomic E-state index is 6.02. The molecule has 1 fully saturated rings. The lowest BCUT2D eigenvalue weighted by Gasteiger charge is -2.38. The first-order valence-corrected chi connectivity index (χ1v) is 7.60. The van der Waals surface area contributed by atoms with Gasteiger partial charge in [0, 0.05) is 18.8 Å². The fourth-order valence-electron chi connectivity index (χ4n) is 2.68. The predicted molar refractivity (Wildman–Crippen MR) is 83.2 cm³/mol. The van der Waals surface area contributed by atoms with Crippen LogP contribution in [0, 0.1) is 6.92 Å². The van der Waals surface area contributed by atoms with Gasteiger partial charge in [-0.1, -0.05) is 13.0 Å². The Labute approximate surface area is 122 Å². The van der Waals surface area contributed by atoms with Crippen LogP contribution in [0.4, 0.5) is 5.82 Å². The van der Waals surface area contributed by atoms with Gasteiger partial charge >= 0.3 is 0 Å². The Morgan fingerprint density at radius 1 is 1.50 bits per heavy atom. The Bertz CT molecular complexity index is 449. The topological polar surface area (TPSA) is 51.4 Å². The molecular weight excluding hydrogens is 250 g/mol. The van der Waals surface area contributed by atoms with Crippen LogP contribution >= 0.6 is 0 Å². The lowest BCUT2D eigenvalue weighted by Crippen LogP contribution is -2.48. The first-order chi connectivity index (χ1) is 9.51. The number of nitrogens with two attached hydrogens (primary N) is 1. The van der Waals surface area contributed by atoms with Gasteiger partial charge in [0.1, 0.15) is 5.82 Å². The molecule has 0 saturated carbocycles. The molecular formula is C16H27N3O. The van der Waals surface area contributed by atoms with Crippen molar-refractivity contribution in [2.45, 2.75) is 58.7 Å². The summed E-state index contributed by atoms with van der Waals surface area (Å²) >= 11 is 0. The summed E-state index contributed by atoms with van der Waals surface area (Å²) in [5, 5.41) is 0. The molecule has 2 N–H and O–H groups in total. The third kappa shape index (κ3) is 3.49. The SMILES string of the molecule is CCC(N)Cc1cnc(N2CC(C)OCC2C)c(C)c1. The summed E-state index contributed by atoms with van der Waals surface area (Å²) in [5.74, 6) is 1.08. The quantitative estimate of drug-likeness (QED) is 0.917. The highest BCUT2D eigenvalue weighted by Crippen LogP contribution is 2.24. The third-order valence-electron chi connectivity index (χ3n) is 4.01. The number of ether oxygens (including phenoxy) is 1. The first kappa shape index (κ1) is 15.3. The van der Waals surface area contributed by atoms with E-state index < -0.39 is 0 Å². The van der Waals surface area contributed by atoms with Gasteiger partial charge in [0.2, 0.25) is 0 Å². The van der Waals surface area contributed by atoms with E-state index in [9.17, 15) is 0 Å². The summed E-state index contributed by atoms with van der Waals surface area (Å²) < 4.78 is 5.69. The van der Waals surface area contributed by atoms with Crippen LogP contribution in [0.3, 0.4) is 0 Å². The Morgan fingerprint density at radius 3 is 2.90 bits per heavy atom. The van der Waals surface area contributed by atoms with Gasteiger partial charge in [0.05, 0.1) is 18.8 Å². The maximum atomic E-state index is 6.02. The second-order valence-electron chi connectivity index (χ2n) is 6.00. The summed E-state index contributed by atoms with van der Waals surface area (Å²) in [5.41, 5.74) is 8.48. The van der Waals surface area contributed by atoms with Crippen LogP contribution in [0.25, 0.3) is 0 Å². The monoisotopic (exact) mass is 277 g/mol. The summed E-state index contributed by atoms with van der Waals surface area (Å²) in [6.45, 7) is 10.2. The van der Waals surface area contributed by atoms with E-state index >= 15 is 0 Å². The van der Waals surface area contributed by atoms with Crippen LogP contribution < -0.4 is 10.6 Å². The number of aryl methyl sites for hydroxylation is 1. The maximum Gasteiger partial charge on any atom is 0.131 e. The fourth-order valence-corrected chi connectivity index (χ4v) is 2.68. The molecule has 4 heteroatoms. The van der Waals surface area contributed by atoms with E-state index in [1.807, 2.05) is 6.20 Å². The van der Waals surface area contributed by atoms with Crippen molar-refractivity contribution in [2.75, 3.05) is 18.1 Å². The number of pyridine rings is 1. The zero-order valence-corrected chi connectivity index (χ0v) is 13.1. The first-order valence-electron chi connectivity index (χ1n) is 7.60. The Morgan fingerprint density at radius 2 is 2.25 bits per heavy atom. The van der Waals surface area contributed by atoms with Crippen molar-refractivity contribution in [3.05, 3.63) is 23.4 Å². The molecule has 0 radical (unpaired) electrons. The number of anilines is 1. The molecule has 2 rings (SSSR count). The van der Waals surface area contributed by atoms with Crippen molar-refractivity contribution in [3.63, 3.8) is 0 Å². The highest BCUT2D eigenvalue weighted by Gasteiger charge is 2.25. The molecule has 1 aromatic rings. The van der Waals surface area contributed by atoms with Gasteiger partial charge < -0.3 is 15.4 Å². The van der Waals surface area contributed by atoms with Crippen molar-refractivity contribution in [1.82, 2.24) is 4.98 Å². The lowest BCUT2D eigenvalue weighted by molar-refractivity contribution is 0.0340. The smallest absolute Gasteiger partial charge is 0.131 e. The minimum Gasteiger partial charge on any atom is -0.375 e. The average molecular weight is 277 g/mol. The molecule has 1 aliphatic heterocycles. The van der Waals surface area contributed by atoms with Crippen LogP contribution in [-0.2, 0) is 11.2 Å². The highest BCUT2D eigenvalue weighted by atomic mass is 16.5. The van der Waals surface area contributed by atoms with Crippen molar-refractivity contribution < 1.29 is 4.74 Å². The zero-order valence-electron chi connectivity index (χ0n) is 13.1. The molecule has 3 unspecified atom stereocenters. The zero-order chi connectivity index (χ0) is 14.7. The molecule has 20 heavy (non-hydrogen) atoms. The van der Waals surface area contributed by atoms with Gasteiger partial charge in [0.25, 0.3) is 0 Å². The van der Waals surface area contributed by atoms with E-state index in [-0.39, 0.29) is 12.1 Å². The Balaban J connectivity index is 2.16. The standard InChI is InChI=1S/C16H27N3O/c1-5-15(17)7-14-6-11(2)16(18-8-14)19-9-13(4)20-10-12(19)3/h6,8,12-13,15H,5,7,9-10,17H2,1-4H3. The Hall–Kier alpha value is -1.13. The van der Waals surface area contributed by atoms with Crippen molar-refractivity contribution >= 4 is 5.82 Å². The van der Waals surface area contributed by atoms with Crippen LogP contribution in [-0.4, -0.2) is 36.3 Å². The molecule has 1 aromatic heterocycles. The number of hydrogen-bond donors (Lipinski definition) is 1. The van der Waals surface area contributed by atoms with Crippen molar-refractivity contribution in [3.8, 4) is 0 Å². The molecule has 1 saturated heterocycles. The second kappa shape index (κ2) is 6.55. The summed E-state index contributed by atoms with van der Waals surface area (Å²) in [6.07, 6.45) is 4.14. The van der Waals surface area contributed by atoms with Crippen LogP contribution in [0.1, 0.15) is 38.3 Å². The third-order valence-corrected chi connectivity index (χ3v) is 4.01. The molecule has 2 heterocycles. The molecule has 112 valence electrons. The number of nitrogens with zero attached hydrogens (tertiary/aromatic N) is 2. The normalized spacial score (nSPS) is 24.8. The minimum atomic E-state index is 0.226. The van der Waals surface area contributed by atoms with E-state index in [0.717, 1.165) is 31.8 Å². The van der Waals surface area contributed by atoms with Crippen molar-refractivity contribution in [1.29, 1.82) is 0 Å². The minimum absolute atomic E-state index is 0.226.